The molecule has 9 nitrogen and oxygen atoms in total. The zero-order valence-electron chi connectivity index (χ0n) is 21.1. The molecule has 40 heavy (non-hydrogen) atoms. The van der Waals surface area contributed by atoms with Gasteiger partial charge in [-0.3, -0.25) is 9.78 Å². The van der Waals surface area contributed by atoms with E-state index in [1.54, 1.807) is 6.07 Å². The lowest BCUT2D eigenvalue weighted by Crippen LogP contribution is -2.41. The molecular formula is C26H20ClF2N3O6S2. The Hall–Kier alpha value is -3.94. The van der Waals surface area contributed by atoms with Crippen LogP contribution in [0.2, 0.25) is 5.02 Å². The van der Waals surface area contributed by atoms with Gasteiger partial charge in [-0.1, -0.05) is 11.6 Å². The molecule has 14 heteroatoms. The van der Waals surface area contributed by atoms with Gasteiger partial charge in [-0.2, -0.15) is 0 Å². The lowest BCUT2D eigenvalue weighted by molar-refractivity contribution is 0.0608. The first-order chi connectivity index (χ1) is 18.8. The van der Waals surface area contributed by atoms with Crippen molar-refractivity contribution in [1.82, 2.24) is 9.97 Å². The number of amides is 1. The van der Waals surface area contributed by atoms with Gasteiger partial charge < -0.3 is 9.47 Å². The highest BCUT2D eigenvalue weighted by Crippen LogP contribution is 2.38. The number of sulfonamides is 1. The molecule has 0 aliphatic carbocycles. The van der Waals surface area contributed by atoms with Crippen molar-refractivity contribution in [2.24, 2.45) is 0 Å². The Bertz CT molecular complexity index is 1690. The number of anilines is 1. The van der Waals surface area contributed by atoms with Gasteiger partial charge in [-0.15, -0.1) is 15.6 Å². The van der Waals surface area contributed by atoms with Crippen molar-refractivity contribution in [2.45, 2.75) is 31.3 Å². The SMILES string of the molecule is CC(C)(C)OC(=O)N(c1cscn1)S(=O)(=O)c1cc(F)c(Oc2ccc(Cl)cc2-c2ccnc(C=O)c2)cc1F. The highest BCUT2D eigenvalue weighted by molar-refractivity contribution is 7.93. The Labute approximate surface area is 237 Å². The first kappa shape index (κ1) is 29.1. The molecule has 208 valence electrons. The third-order valence-corrected chi connectivity index (χ3v) is 7.56. The molecule has 1 amide bonds. The number of carbonyl (C=O) groups excluding carboxylic acids is 2. The minimum absolute atomic E-state index is 0.0270. The first-order valence-corrected chi connectivity index (χ1v) is 14.1. The molecule has 0 spiro atoms. The standard InChI is InChI=1S/C26H20ClF2N3O6S2/c1-26(2,3)38-25(34)32(24-13-39-14-31-24)40(35,36)23-11-19(28)22(10-20(23)29)37-21-5-4-16(27)9-18(21)15-6-7-30-17(8-15)12-33/h4-14H,1-3H3. The van der Waals surface area contributed by atoms with Crippen molar-refractivity contribution < 1.29 is 36.3 Å². The quantitative estimate of drug-likeness (QED) is 0.209. The number of thiazole rings is 1. The second kappa shape index (κ2) is 11.3. The fraction of sp³-hybridized carbons (Fsp3) is 0.154. The first-order valence-electron chi connectivity index (χ1n) is 11.3. The predicted molar refractivity (Wildman–Crippen MR) is 145 cm³/mol. The number of rotatable bonds is 7. The summed E-state index contributed by atoms with van der Waals surface area (Å²) in [4.78, 5) is 30.6. The van der Waals surface area contributed by atoms with Crippen molar-refractivity contribution in [3.8, 4) is 22.6 Å². The third kappa shape index (κ3) is 6.27. The molecule has 0 aliphatic heterocycles. The fourth-order valence-electron chi connectivity index (χ4n) is 3.42. The van der Waals surface area contributed by atoms with Crippen molar-refractivity contribution in [1.29, 1.82) is 0 Å². The Morgan fingerprint density at radius 2 is 1.80 bits per heavy atom. The van der Waals surface area contributed by atoms with Crippen LogP contribution in [-0.4, -0.2) is 36.4 Å². The van der Waals surface area contributed by atoms with Gasteiger partial charge in [-0.05, 0) is 56.7 Å². The molecule has 0 bridgehead atoms. The molecule has 0 radical (unpaired) electrons. The van der Waals surface area contributed by atoms with Gasteiger partial charge in [0.2, 0.25) is 0 Å². The van der Waals surface area contributed by atoms with Crippen LogP contribution in [0.5, 0.6) is 11.5 Å². The Morgan fingerprint density at radius 3 is 2.45 bits per heavy atom. The maximum Gasteiger partial charge on any atom is 0.430 e. The van der Waals surface area contributed by atoms with Crippen LogP contribution in [0.1, 0.15) is 31.3 Å². The summed E-state index contributed by atoms with van der Waals surface area (Å²) in [5.41, 5.74) is 1.06. The molecule has 2 aromatic carbocycles. The highest BCUT2D eigenvalue weighted by atomic mass is 35.5. The molecule has 2 aromatic heterocycles. The molecule has 0 unspecified atom stereocenters. The number of pyridine rings is 1. The normalized spacial score (nSPS) is 11.7. The maximum absolute atomic E-state index is 15.3. The number of hydrogen-bond donors (Lipinski definition) is 0. The Morgan fingerprint density at radius 1 is 1.05 bits per heavy atom. The molecule has 0 saturated carbocycles. The molecular weight excluding hydrogens is 588 g/mol. The van der Waals surface area contributed by atoms with Crippen molar-refractivity contribution >= 4 is 51.2 Å². The second-order valence-corrected chi connectivity index (χ2v) is 12.0. The van der Waals surface area contributed by atoms with E-state index in [2.05, 4.69) is 9.97 Å². The summed E-state index contributed by atoms with van der Waals surface area (Å²) in [5, 5.41) is 1.54. The zero-order valence-corrected chi connectivity index (χ0v) is 23.5. The second-order valence-electron chi connectivity index (χ2n) is 9.14. The number of aromatic nitrogens is 2. The zero-order chi connectivity index (χ0) is 29.2. The molecule has 2 heterocycles. The van der Waals surface area contributed by atoms with Crippen LogP contribution >= 0.6 is 22.9 Å². The summed E-state index contributed by atoms with van der Waals surface area (Å²) in [6.07, 6.45) is 0.564. The molecule has 0 atom stereocenters. The lowest BCUT2D eigenvalue weighted by atomic mass is 10.0. The average molecular weight is 608 g/mol. The van der Waals surface area contributed by atoms with Crippen LogP contribution in [-0.2, 0) is 14.8 Å². The van der Waals surface area contributed by atoms with Gasteiger partial charge in [0.1, 0.15) is 27.8 Å². The van der Waals surface area contributed by atoms with Gasteiger partial charge in [-0.25, -0.2) is 27.0 Å². The summed E-state index contributed by atoms with van der Waals surface area (Å²) in [7, 11) is -5.03. The van der Waals surface area contributed by atoms with Crippen molar-refractivity contribution in [3.05, 3.63) is 81.9 Å². The molecule has 0 aliphatic rings. The van der Waals surface area contributed by atoms with E-state index < -0.39 is 44.0 Å². The predicted octanol–water partition coefficient (Wildman–Crippen LogP) is 6.87. The van der Waals surface area contributed by atoms with E-state index in [-0.39, 0.29) is 21.6 Å². The van der Waals surface area contributed by atoms with E-state index in [0.717, 1.165) is 11.3 Å². The van der Waals surface area contributed by atoms with Crippen LogP contribution in [0.3, 0.4) is 0 Å². The third-order valence-electron chi connectivity index (χ3n) is 5.07. The minimum Gasteiger partial charge on any atom is -0.454 e. The van der Waals surface area contributed by atoms with Crippen molar-refractivity contribution in [2.75, 3.05) is 4.31 Å². The maximum atomic E-state index is 15.3. The van der Waals surface area contributed by atoms with Crippen LogP contribution in [0, 0.1) is 11.6 Å². The number of hydrogen-bond acceptors (Lipinski definition) is 9. The topological polar surface area (TPSA) is 116 Å². The summed E-state index contributed by atoms with van der Waals surface area (Å²) in [5.74, 6) is -3.62. The van der Waals surface area contributed by atoms with Gasteiger partial charge in [0.15, 0.2) is 23.7 Å². The van der Waals surface area contributed by atoms with Crippen LogP contribution < -0.4 is 9.04 Å². The van der Waals surface area contributed by atoms with Gasteiger partial charge in [0.05, 0.1) is 5.51 Å². The minimum atomic E-state index is -5.03. The highest BCUT2D eigenvalue weighted by Gasteiger charge is 2.38. The Balaban J connectivity index is 1.75. The van der Waals surface area contributed by atoms with E-state index in [4.69, 9.17) is 21.1 Å². The van der Waals surface area contributed by atoms with E-state index in [1.807, 2.05) is 0 Å². The fourth-order valence-corrected chi connectivity index (χ4v) is 5.52. The van der Waals surface area contributed by atoms with Crippen molar-refractivity contribution in [3.63, 3.8) is 0 Å². The monoisotopic (exact) mass is 607 g/mol. The van der Waals surface area contributed by atoms with Gasteiger partial charge >= 0.3 is 6.09 Å². The van der Waals surface area contributed by atoms with E-state index >= 15 is 8.78 Å². The smallest absolute Gasteiger partial charge is 0.430 e. The molecule has 4 aromatic rings. The summed E-state index contributed by atoms with van der Waals surface area (Å²) in [6, 6.07) is 8.27. The number of aldehydes is 1. The average Bonchev–Trinajstić information content (AvgIpc) is 3.39. The van der Waals surface area contributed by atoms with E-state index in [9.17, 15) is 18.0 Å². The number of carbonyl (C=O) groups is 2. The molecule has 0 saturated heterocycles. The van der Waals surface area contributed by atoms with Gasteiger partial charge in [0, 0.05) is 34.3 Å². The van der Waals surface area contributed by atoms with E-state index in [1.165, 1.54) is 62.1 Å². The van der Waals surface area contributed by atoms with Crippen LogP contribution in [0.25, 0.3) is 11.1 Å². The summed E-state index contributed by atoms with van der Waals surface area (Å²) >= 11 is 7.10. The largest absolute Gasteiger partial charge is 0.454 e. The van der Waals surface area contributed by atoms with Gasteiger partial charge in [0.25, 0.3) is 10.0 Å². The van der Waals surface area contributed by atoms with Crippen LogP contribution in [0.4, 0.5) is 19.4 Å². The van der Waals surface area contributed by atoms with E-state index in [0.29, 0.717) is 34.6 Å². The molecule has 0 fully saturated rings. The summed E-state index contributed by atoms with van der Waals surface area (Å²) < 4.78 is 68.4. The Kier molecular flexibility index (Phi) is 8.19. The summed E-state index contributed by atoms with van der Waals surface area (Å²) in [6.45, 7) is 4.54. The molecule has 0 N–H and O–H groups in total. The number of nitrogens with zero attached hydrogens (tertiary/aromatic N) is 3. The van der Waals surface area contributed by atoms with Crippen LogP contribution in [0.15, 0.2) is 64.4 Å². The number of halogens is 3. The number of ether oxygens (including phenoxy) is 2. The lowest BCUT2D eigenvalue weighted by Gasteiger charge is -2.25. The number of benzene rings is 2. The molecule has 4 rings (SSSR count).